The number of carbonyl (C=O) groups excluding carboxylic acids is 1. The number of hydrogen-bond acceptors (Lipinski definition) is 4. The molecule has 1 fully saturated rings. The molecule has 1 saturated carbocycles. The fourth-order valence-electron chi connectivity index (χ4n) is 3.59. The van der Waals surface area contributed by atoms with Gasteiger partial charge >= 0.3 is 0 Å². The number of hydrogen-bond donors (Lipinski definition) is 3. The predicted molar refractivity (Wildman–Crippen MR) is 134 cm³/mol. The molecule has 0 bridgehead atoms. The van der Waals surface area contributed by atoms with Gasteiger partial charge in [-0.3, -0.25) is 4.79 Å². The monoisotopic (exact) mass is 540 g/mol. The molecule has 0 unspecified atom stereocenters. The van der Waals surface area contributed by atoms with Crippen LogP contribution in [-0.2, 0) is 11.3 Å². The van der Waals surface area contributed by atoms with E-state index in [0.29, 0.717) is 17.7 Å². The molecule has 31 heavy (non-hydrogen) atoms. The first-order valence-corrected chi connectivity index (χ1v) is 10.6. The Labute approximate surface area is 201 Å². The van der Waals surface area contributed by atoms with Gasteiger partial charge in [-0.15, -0.1) is 24.0 Å². The number of benzene rings is 1. The second-order valence-electron chi connectivity index (χ2n) is 7.77. The highest BCUT2D eigenvalue weighted by Crippen LogP contribution is 2.43. The van der Waals surface area contributed by atoms with E-state index in [4.69, 9.17) is 14.1 Å². The molecule has 0 aliphatic heterocycles. The van der Waals surface area contributed by atoms with Crippen LogP contribution in [0.5, 0.6) is 0 Å². The van der Waals surface area contributed by atoms with Crippen LogP contribution in [0.4, 0.5) is 5.69 Å². The SMILES string of the molecule is CCNC(=NCc1ccc(NC(=O)c2ccco2)cc1)NCC1(CCOC)CCC1.I. The molecule has 0 spiro atoms. The van der Waals surface area contributed by atoms with Crippen molar-refractivity contribution in [2.75, 3.05) is 32.1 Å². The van der Waals surface area contributed by atoms with Crippen molar-refractivity contribution in [3.63, 3.8) is 0 Å². The number of amides is 1. The molecule has 1 aromatic carbocycles. The van der Waals surface area contributed by atoms with E-state index in [1.165, 1.54) is 25.5 Å². The molecule has 3 N–H and O–H groups in total. The molecule has 8 heteroatoms. The Hall–Kier alpha value is -2.07. The molecular formula is C23H33IN4O3. The van der Waals surface area contributed by atoms with Gasteiger partial charge in [0.1, 0.15) is 0 Å². The number of furan rings is 1. The number of aliphatic imine (C=N–C) groups is 1. The van der Waals surface area contributed by atoms with E-state index in [9.17, 15) is 4.79 Å². The highest BCUT2D eigenvalue weighted by molar-refractivity contribution is 14.0. The second kappa shape index (κ2) is 12.7. The van der Waals surface area contributed by atoms with Crippen molar-refractivity contribution in [2.24, 2.45) is 10.4 Å². The van der Waals surface area contributed by atoms with Crippen molar-refractivity contribution in [1.82, 2.24) is 10.6 Å². The molecule has 1 amide bonds. The van der Waals surface area contributed by atoms with Crippen LogP contribution in [-0.4, -0.2) is 38.7 Å². The molecular weight excluding hydrogens is 507 g/mol. The van der Waals surface area contributed by atoms with Gasteiger partial charge in [0.2, 0.25) is 0 Å². The zero-order chi connectivity index (χ0) is 21.2. The second-order valence-corrected chi connectivity index (χ2v) is 7.77. The molecule has 1 aromatic heterocycles. The lowest BCUT2D eigenvalue weighted by atomic mass is 9.67. The van der Waals surface area contributed by atoms with E-state index >= 15 is 0 Å². The van der Waals surface area contributed by atoms with Gasteiger partial charge in [0.25, 0.3) is 5.91 Å². The van der Waals surface area contributed by atoms with E-state index in [-0.39, 0.29) is 29.9 Å². The van der Waals surface area contributed by atoms with Crippen molar-refractivity contribution >= 4 is 41.5 Å². The summed E-state index contributed by atoms with van der Waals surface area (Å²) in [5.41, 5.74) is 2.13. The lowest BCUT2D eigenvalue weighted by molar-refractivity contribution is 0.0732. The Morgan fingerprint density at radius 1 is 1.19 bits per heavy atom. The number of nitrogens with zero attached hydrogens (tertiary/aromatic N) is 1. The van der Waals surface area contributed by atoms with E-state index < -0.39 is 0 Å². The maximum absolute atomic E-state index is 12.0. The number of nitrogens with one attached hydrogen (secondary N) is 3. The van der Waals surface area contributed by atoms with Gasteiger partial charge in [0, 0.05) is 32.5 Å². The highest BCUT2D eigenvalue weighted by Gasteiger charge is 2.36. The molecule has 3 rings (SSSR count). The molecule has 7 nitrogen and oxygen atoms in total. The van der Waals surface area contributed by atoms with Crippen LogP contribution in [0.1, 0.15) is 48.7 Å². The van der Waals surface area contributed by atoms with Crippen LogP contribution < -0.4 is 16.0 Å². The molecule has 2 aromatic rings. The van der Waals surface area contributed by atoms with Gasteiger partial charge in [-0.05, 0) is 61.4 Å². The first-order valence-electron chi connectivity index (χ1n) is 10.6. The van der Waals surface area contributed by atoms with Gasteiger partial charge in [-0.2, -0.15) is 0 Å². The summed E-state index contributed by atoms with van der Waals surface area (Å²) in [6.07, 6.45) is 6.35. The zero-order valence-electron chi connectivity index (χ0n) is 18.3. The Bertz CT molecular complexity index is 818. The van der Waals surface area contributed by atoms with Crippen LogP contribution in [0, 0.1) is 5.41 Å². The molecule has 0 radical (unpaired) electrons. The summed E-state index contributed by atoms with van der Waals surface area (Å²) >= 11 is 0. The largest absolute Gasteiger partial charge is 0.459 e. The molecule has 170 valence electrons. The summed E-state index contributed by atoms with van der Waals surface area (Å²) < 4.78 is 10.4. The third kappa shape index (κ3) is 7.53. The van der Waals surface area contributed by atoms with E-state index in [2.05, 4.69) is 22.9 Å². The standard InChI is InChI=1S/C23H32N4O3.HI/c1-3-24-22(26-17-23(11-5-12-23)13-15-29-2)25-16-18-7-9-19(10-8-18)27-21(28)20-6-4-14-30-20;/h4,6-10,14H,3,5,11-13,15-17H2,1-2H3,(H,27,28)(H2,24,25,26);1H. The van der Waals surface area contributed by atoms with E-state index in [0.717, 1.165) is 43.3 Å². The number of carbonyl (C=O) groups is 1. The van der Waals surface area contributed by atoms with Crippen molar-refractivity contribution in [3.05, 3.63) is 54.0 Å². The fourth-order valence-corrected chi connectivity index (χ4v) is 3.59. The lowest BCUT2D eigenvalue weighted by Crippen LogP contribution is -2.46. The number of guanidine groups is 1. The van der Waals surface area contributed by atoms with Gasteiger partial charge in [-0.1, -0.05) is 18.6 Å². The minimum absolute atomic E-state index is 0. The lowest BCUT2D eigenvalue weighted by Gasteiger charge is -2.42. The average molecular weight is 540 g/mol. The highest BCUT2D eigenvalue weighted by atomic mass is 127. The van der Waals surface area contributed by atoms with Crippen LogP contribution >= 0.6 is 24.0 Å². The Morgan fingerprint density at radius 2 is 1.97 bits per heavy atom. The maximum atomic E-state index is 12.0. The van der Waals surface area contributed by atoms with Crippen molar-refractivity contribution in [2.45, 2.75) is 39.2 Å². The predicted octanol–water partition coefficient (Wildman–Crippen LogP) is 4.41. The Morgan fingerprint density at radius 3 is 2.55 bits per heavy atom. The minimum atomic E-state index is -0.261. The fraction of sp³-hybridized carbons (Fsp3) is 0.478. The van der Waals surface area contributed by atoms with Crippen molar-refractivity contribution in [3.8, 4) is 0 Å². The summed E-state index contributed by atoms with van der Waals surface area (Å²) in [4.78, 5) is 16.8. The van der Waals surface area contributed by atoms with Crippen LogP contribution in [0.3, 0.4) is 0 Å². The zero-order valence-corrected chi connectivity index (χ0v) is 20.6. The molecule has 0 atom stereocenters. The quantitative estimate of drug-likeness (QED) is 0.236. The van der Waals surface area contributed by atoms with Gasteiger partial charge in [0.05, 0.1) is 12.8 Å². The number of halogens is 1. The first-order chi connectivity index (χ1) is 14.6. The van der Waals surface area contributed by atoms with Crippen molar-refractivity contribution in [1.29, 1.82) is 0 Å². The third-order valence-corrected chi connectivity index (χ3v) is 5.60. The van der Waals surface area contributed by atoms with Gasteiger partial charge < -0.3 is 25.1 Å². The molecule has 1 heterocycles. The summed E-state index contributed by atoms with van der Waals surface area (Å²) in [6.45, 7) is 5.16. The molecule has 1 aliphatic carbocycles. The average Bonchev–Trinajstić information content (AvgIpc) is 3.27. The van der Waals surface area contributed by atoms with E-state index in [1.807, 2.05) is 24.3 Å². The third-order valence-electron chi connectivity index (χ3n) is 5.60. The van der Waals surface area contributed by atoms with Gasteiger partial charge in [0.15, 0.2) is 11.7 Å². The number of anilines is 1. The topological polar surface area (TPSA) is 87.9 Å². The number of methoxy groups -OCH3 is 1. The normalized spacial score (nSPS) is 14.8. The molecule has 0 saturated heterocycles. The van der Waals surface area contributed by atoms with Crippen LogP contribution in [0.25, 0.3) is 0 Å². The number of rotatable bonds is 10. The summed E-state index contributed by atoms with van der Waals surface area (Å²) in [5.74, 6) is 0.860. The smallest absolute Gasteiger partial charge is 0.291 e. The van der Waals surface area contributed by atoms with E-state index in [1.54, 1.807) is 19.2 Å². The summed E-state index contributed by atoms with van der Waals surface area (Å²) in [6, 6.07) is 11.0. The van der Waals surface area contributed by atoms with Crippen LogP contribution in [0.2, 0.25) is 0 Å². The summed E-state index contributed by atoms with van der Waals surface area (Å²) in [5, 5.41) is 9.65. The Kier molecular flexibility index (Phi) is 10.3. The van der Waals surface area contributed by atoms with Crippen molar-refractivity contribution < 1.29 is 13.9 Å². The first kappa shape index (κ1) is 25.2. The van der Waals surface area contributed by atoms with Crippen LogP contribution in [0.15, 0.2) is 52.1 Å². The minimum Gasteiger partial charge on any atom is -0.459 e. The molecule has 1 aliphatic rings. The summed E-state index contributed by atoms with van der Waals surface area (Å²) in [7, 11) is 1.76. The maximum Gasteiger partial charge on any atom is 0.291 e. The Balaban J connectivity index is 0.00000341. The van der Waals surface area contributed by atoms with Gasteiger partial charge in [-0.25, -0.2) is 4.99 Å². The number of ether oxygens (including phenoxy) is 1.